The van der Waals surface area contributed by atoms with Gasteiger partial charge in [0.05, 0.1) is 0 Å². The molecule has 0 radical (unpaired) electrons. The van der Waals surface area contributed by atoms with Gasteiger partial charge < -0.3 is 15.1 Å². The number of aromatic nitrogens is 2. The Kier molecular flexibility index (Phi) is 5.79. The molecule has 1 aliphatic rings. The first-order valence-corrected chi connectivity index (χ1v) is 8.23. The Labute approximate surface area is 128 Å². The van der Waals surface area contributed by atoms with Crippen LogP contribution in [0.15, 0.2) is 6.33 Å². The highest BCUT2D eigenvalue weighted by Gasteiger charge is 2.22. The number of hydrogen-bond donors (Lipinski definition) is 1. The number of nitrogens with one attached hydrogen (secondary N) is 1. The van der Waals surface area contributed by atoms with E-state index < -0.39 is 0 Å². The molecular weight excluding hydrogens is 262 g/mol. The van der Waals surface area contributed by atoms with Crippen LogP contribution in [0.25, 0.3) is 0 Å². The molecule has 2 heterocycles. The number of rotatable bonds is 6. The number of hydrogen-bond acceptors (Lipinski definition) is 5. The molecule has 21 heavy (non-hydrogen) atoms. The van der Waals surface area contributed by atoms with E-state index in [1.807, 2.05) is 0 Å². The van der Waals surface area contributed by atoms with Crippen LogP contribution in [0.2, 0.25) is 0 Å². The number of likely N-dealkylation sites (N-methyl/N-ethyl adjacent to an activating group) is 1. The second-order valence-electron chi connectivity index (χ2n) is 5.96. The van der Waals surface area contributed by atoms with Crippen LogP contribution in [0.3, 0.4) is 0 Å². The van der Waals surface area contributed by atoms with E-state index in [0.29, 0.717) is 5.92 Å². The highest BCUT2D eigenvalue weighted by atomic mass is 15.3. The molecule has 0 spiro atoms. The molecule has 1 aromatic rings. The SMILES string of the molecule is CCCNc1ncnc(N2CCN(CC)CC2)c1C(C)C. The van der Waals surface area contributed by atoms with E-state index in [2.05, 4.69) is 52.8 Å². The number of anilines is 2. The highest BCUT2D eigenvalue weighted by molar-refractivity contribution is 5.60. The molecule has 1 aliphatic heterocycles. The maximum Gasteiger partial charge on any atom is 0.137 e. The van der Waals surface area contributed by atoms with Crippen molar-refractivity contribution in [1.29, 1.82) is 0 Å². The minimum Gasteiger partial charge on any atom is -0.370 e. The second-order valence-corrected chi connectivity index (χ2v) is 5.96. The van der Waals surface area contributed by atoms with Gasteiger partial charge in [-0.3, -0.25) is 0 Å². The van der Waals surface area contributed by atoms with Gasteiger partial charge in [-0.2, -0.15) is 0 Å². The highest BCUT2D eigenvalue weighted by Crippen LogP contribution is 2.31. The predicted molar refractivity (Wildman–Crippen MR) is 89.2 cm³/mol. The monoisotopic (exact) mass is 291 g/mol. The zero-order valence-electron chi connectivity index (χ0n) is 13.9. The van der Waals surface area contributed by atoms with Crippen molar-refractivity contribution in [2.24, 2.45) is 0 Å². The first-order chi connectivity index (χ1) is 10.2. The smallest absolute Gasteiger partial charge is 0.137 e. The molecule has 5 heteroatoms. The van der Waals surface area contributed by atoms with Crippen molar-refractivity contribution in [3.8, 4) is 0 Å². The van der Waals surface area contributed by atoms with E-state index in [1.165, 1.54) is 5.56 Å². The third kappa shape index (κ3) is 3.84. The largest absolute Gasteiger partial charge is 0.370 e. The summed E-state index contributed by atoms with van der Waals surface area (Å²) >= 11 is 0. The average Bonchev–Trinajstić information content (AvgIpc) is 2.52. The molecule has 5 nitrogen and oxygen atoms in total. The van der Waals surface area contributed by atoms with Gasteiger partial charge in [-0.1, -0.05) is 27.7 Å². The van der Waals surface area contributed by atoms with Crippen molar-refractivity contribution in [1.82, 2.24) is 14.9 Å². The Morgan fingerprint density at radius 1 is 1.14 bits per heavy atom. The molecule has 0 unspecified atom stereocenters. The number of piperazine rings is 1. The zero-order chi connectivity index (χ0) is 15.2. The van der Waals surface area contributed by atoms with Gasteiger partial charge in [0.15, 0.2) is 0 Å². The van der Waals surface area contributed by atoms with Gasteiger partial charge in [-0.25, -0.2) is 9.97 Å². The van der Waals surface area contributed by atoms with Gasteiger partial charge in [0.1, 0.15) is 18.0 Å². The van der Waals surface area contributed by atoms with Gasteiger partial charge >= 0.3 is 0 Å². The van der Waals surface area contributed by atoms with E-state index in [0.717, 1.165) is 57.3 Å². The molecule has 0 bridgehead atoms. The molecular formula is C16H29N5. The van der Waals surface area contributed by atoms with Crippen LogP contribution in [0.5, 0.6) is 0 Å². The van der Waals surface area contributed by atoms with Crippen LogP contribution in [0, 0.1) is 0 Å². The molecule has 0 amide bonds. The Morgan fingerprint density at radius 2 is 1.86 bits per heavy atom. The molecule has 118 valence electrons. The third-order valence-corrected chi connectivity index (χ3v) is 4.10. The molecule has 0 saturated carbocycles. The summed E-state index contributed by atoms with van der Waals surface area (Å²) in [5, 5.41) is 3.46. The van der Waals surface area contributed by atoms with E-state index in [9.17, 15) is 0 Å². The lowest BCUT2D eigenvalue weighted by Gasteiger charge is -2.36. The minimum atomic E-state index is 0.421. The summed E-state index contributed by atoms with van der Waals surface area (Å²) in [5.74, 6) is 2.55. The van der Waals surface area contributed by atoms with Crippen molar-refractivity contribution in [2.45, 2.75) is 40.0 Å². The topological polar surface area (TPSA) is 44.3 Å². The molecule has 2 rings (SSSR count). The first-order valence-electron chi connectivity index (χ1n) is 8.23. The fourth-order valence-electron chi connectivity index (χ4n) is 2.83. The summed E-state index contributed by atoms with van der Waals surface area (Å²) < 4.78 is 0. The third-order valence-electron chi connectivity index (χ3n) is 4.10. The van der Waals surface area contributed by atoms with Gasteiger partial charge in [0, 0.05) is 38.3 Å². The van der Waals surface area contributed by atoms with Crippen molar-refractivity contribution < 1.29 is 0 Å². The molecule has 0 atom stereocenters. The van der Waals surface area contributed by atoms with Crippen molar-refractivity contribution in [3.05, 3.63) is 11.9 Å². The molecule has 1 aromatic heterocycles. The Balaban J connectivity index is 2.22. The summed E-state index contributed by atoms with van der Waals surface area (Å²) in [6.45, 7) is 15.3. The Bertz CT molecular complexity index is 438. The minimum absolute atomic E-state index is 0.421. The van der Waals surface area contributed by atoms with E-state index in [-0.39, 0.29) is 0 Å². The lowest BCUT2D eigenvalue weighted by molar-refractivity contribution is 0.270. The van der Waals surface area contributed by atoms with Crippen molar-refractivity contribution in [3.63, 3.8) is 0 Å². The standard InChI is InChI=1S/C16H29N5/c1-5-7-17-15-14(13(3)4)16(19-12-18-15)21-10-8-20(6-2)9-11-21/h12-13H,5-11H2,1-4H3,(H,17,18,19). The van der Waals surface area contributed by atoms with Gasteiger partial charge in [-0.15, -0.1) is 0 Å². The van der Waals surface area contributed by atoms with Gasteiger partial charge in [0.2, 0.25) is 0 Å². The Hall–Kier alpha value is -1.36. The van der Waals surface area contributed by atoms with Crippen LogP contribution >= 0.6 is 0 Å². The van der Waals surface area contributed by atoms with Crippen LogP contribution in [-0.2, 0) is 0 Å². The fourth-order valence-corrected chi connectivity index (χ4v) is 2.83. The normalized spacial score (nSPS) is 16.5. The quantitative estimate of drug-likeness (QED) is 0.872. The summed E-state index contributed by atoms with van der Waals surface area (Å²) in [6, 6.07) is 0. The Morgan fingerprint density at radius 3 is 2.43 bits per heavy atom. The van der Waals surface area contributed by atoms with E-state index in [1.54, 1.807) is 6.33 Å². The fraction of sp³-hybridized carbons (Fsp3) is 0.750. The maximum atomic E-state index is 4.60. The van der Waals surface area contributed by atoms with E-state index >= 15 is 0 Å². The predicted octanol–water partition coefficient (Wildman–Crippen LogP) is 2.56. The summed E-state index contributed by atoms with van der Waals surface area (Å²) in [7, 11) is 0. The lowest BCUT2D eigenvalue weighted by Crippen LogP contribution is -2.46. The van der Waals surface area contributed by atoms with E-state index in [4.69, 9.17) is 0 Å². The molecule has 1 saturated heterocycles. The average molecular weight is 291 g/mol. The zero-order valence-corrected chi connectivity index (χ0v) is 13.9. The van der Waals surface area contributed by atoms with Crippen molar-refractivity contribution in [2.75, 3.05) is 49.5 Å². The molecule has 0 aliphatic carbocycles. The first kappa shape index (κ1) is 16.0. The van der Waals surface area contributed by atoms with Gasteiger partial charge in [-0.05, 0) is 18.9 Å². The summed E-state index contributed by atoms with van der Waals surface area (Å²) in [6.07, 6.45) is 2.80. The summed E-state index contributed by atoms with van der Waals surface area (Å²) in [4.78, 5) is 14.0. The van der Waals surface area contributed by atoms with Crippen LogP contribution in [0.4, 0.5) is 11.6 Å². The van der Waals surface area contributed by atoms with Crippen LogP contribution < -0.4 is 10.2 Å². The molecule has 0 aromatic carbocycles. The van der Waals surface area contributed by atoms with Gasteiger partial charge in [0.25, 0.3) is 0 Å². The van der Waals surface area contributed by atoms with Crippen molar-refractivity contribution >= 4 is 11.6 Å². The summed E-state index contributed by atoms with van der Waals surface area (Å²) in [5.41, 5.74) is 1.26. The van der Waals surface area contributed by atoms with Crippen LogP contribution in [-0.4, -0.2) is 54.1 Å². The number of nitrogens with zero attached hydrogens (tertiary/aromatic N) is 4. The maximum absolute atomic E-state index is 4.60. The van der Waals surface area contributed by atoms with Crippen LogP contribution in [0.1, 0.15) is 45.6 Å². The molecule has 1 fully saturated rings. The molecule has 1 N–H and O–H groups in total. The lowest BCUT2D eigenvalue weighted by atomic mass is 10.0. The second kappa shape index (κ2) is 7.59.